The molecule has 0 saturated carbocycles. The number of aromatic amines is 1. The molecule has 0 unspecified atom stereocenters. The van der Waals surface area contributed by atoms with E-state index in [-0.39, 0.29) is 57.0 Å². The SMILES string of the molecule is CC[C@H](C)[C@H](NC(=O)[C@@H]1CCCN1C(=O)[C@H](Cc1cnc[nH]1)NC(=O)[C@H](NC(=O)[C@H](Cc1ccc(O)cc1)NC(=O)[C@@H](NC(=O)[C@H](CCCN=C(N)N)NC(=O)CNC)C(C)C)c1ccccc1)C(=O)O. The summed E-state index contributed by atoms with van der Waals surface area (Å²) in [6.45, 7) is 7.10. The minimum atomic E-state index is -1.47. The molecule has 4 rings (SSSR count). The van der Waals surface area contributed by atoms with E-state index in [0.29, 0.717) is 36.1 Å². The number of rotatable bonds is 27. The maximum Gasteiger partial charge on any atom is 0.326 e. The van der Waals surface area contributed by atoms with E-state index in [1.54, 1.807) is 77.2 Å². The molecule has 2 heterocycles. The van der Waals surface area contributed by atoms with Crippen LogP contribution >= 0.6 is 0 Å². The fraction of sp³-hybridized carbons (Fsp3) is 0.500. The van der Waals surface area contributed by atoms with Gasteiger partial charge in [-0.25, -0.2) is 9.78 Å². The first kappa shape index (κ1) is 56.0. The Bertz CT molecular complexity index is 2290. The number of carbonyl (C=O) groups excluding carboxylic acids is 7. The Labute approximate surface area is 412 Å². The monoisotopic (exact) mass is 988 g/mol. The number of carboxylic acids is 1. The number of H-pyrrole nitrogens is 1. The molecule has 1 aliphatic rings. The van der Waals surface area contributed by atoms with E-state index < -0.39 is 101 Å². The molecule has 71 heavy (non-hydrogen) atoms. The molecule has 8 atom stereocenters. The van der Waals surface area contributed by atoms with Gasteiger partial charge in [-0.2, -0.15) is 0 Å². The molecule has 23 heteroatoms. The number of nitrogens with two attached hydrogens (primary N) is 2. The topological polar surface area (TPSA) is 358 Å². The van der Waals surface area contributed by atoms with Crippen molar-refractivity contribution in [3.05, 3.63) is 83.9 Å². The van der Waals surface area contributed by atoms with Gasteiger partial charge in [0.25, 0.3) is 0 Å². The molecular weight excluding hydrogens is 919 g/mol. The predicted molar refractivity (Wildman–Crippen MR) is 262 cm³/mol. The first-order valence-corrected chi connectivity index (χ1v) is 23.7. The average molecular weight is 988 g/mol. The summed E-state index contributed by atoms with van der Waals surface area (Å²) in [4.78, 5) is 122. The molecule has 1 fully saturated rings. The van der Waals surface area contributed by atoms with E-state index >= 15 is 0 Å². The number of aliphatic carboxylic acids is 1. The third kappa shape index (κ3) is 17.1. The van der Waals surface area contributed by atoms with E-state index in [0.717, 1.165) is 0 Å². The predicted octanol–water partition coefficient (Wildman–Crippen LogP) is -0.767. The maximum absolute atomic E-state index is 14.7. The third-order valence-corrected chi connectivity index (χ3v) is 12.1. The molecule has 0 bridgehead atoms. The lowest BCUT2D eigenvalue weighted by molar-refractivity contribution is -0.146. The number of hydrogen-bond acceptors (Lipinski definition) is 12. The molecule has 7 amide bonds. The molecular formula is C48H69N13O10. The highest BCUT2D eigenvalue weighted by Gasteiger charge is 2.41. The van der Waals surface area contributed by atoms with Crippen LogP contribution in [0.2, 0.25) is 0 Å². The van der Waals surface area contributed by atoms with Gasteiger partial charge in [0.2, 0.25) is 41.4 Å². The highest BCUT2D eigenvalue weighted by Crippen LogP contribution is 2.22. The Kier molecular flexibility index (Phi) is 21.8. The molecule has 0 aliphatic carbocycles. The number of carbonyl (C=O) groups is 8. The second kappa shape index (κ2) is 27.6. The third-order valence-electron chi connectivity index (χ3n) is 12.1. The van der Waals surface area contributed by atoms with Gasteiger partial charge >= 0.3 is 5.97 Å². The summed E-state index contributed by atoms with van der Waals surface area (Å²) in [7, 11) is 1.57. The van der Waals surface area contributed by atoms with Crippen molar-refractivity contribution in [1.82, 2.24) is 52.1 Å². The number of hydrogen-bond donors (Lipinski definition) is 12. The van der Waals surface area contributed by atoms with Crippen LogP contribution in [0.3, 0.4) is 0 Å². The van der Waals surface area contributed by atoms with E-state index in [1.165, 1.54) is 29.6 Å². The highest BCUT2D eigenvalue weighted by molar-refractivity contribution is 5.98. The van der Waals surface area contributed by atoms with E-state index in [4.69, 9.17) is 11.5 Å². The van der Waals surface area contributed by atoms with Crippen LogP contribution < -0.4 is 48.7 Å². The van der Waals surface area contributed by atoms with Crippen molar-refractivity contribution in [3.8, 4) is 5.75 Å². The zero-order valence-corrected chi connectivity index (χ0v) is 40.8. The summed E-state index contributed by atoms with van der Waals surface area (Å²) in [5.41, 5.74) is 12.2. The molecule has 23 nitrogen and oxygen atoms in total. The van der Waals surface area contributed by atoms with Crippen molar-refractivity contribution in [2.24, 2.45) is 28.3 Å². The number of aromatic hydroxyl groups is 1. The smallest absolute Gasteiger partial charge is 0.326 e. The lowest BCUT2D eigenvalue weighted by atomic mass is 9.98. The van der Waals surface area contributed by atoms with Crippen LogP contribution in [0.1, 0.15) is 82.7 Å². The van der Waals surface area contributed by atoms with Crippen molar-refractivity contribution in [3.63, 3.8) is 0 Å². The van der Waals surface area contributed by atoms with Gasteiger partial charge in [-0.05, 0) is 67.8 Å². The number of nitrogens with one attached hydrogen (secondary N) is 8. The second-order valence-electron chi connectivity index (χ2n) is 17.9. The Hall–Kier alpha value is -7.56. The lowest BCUT2D eigenvalue weighted by Crippen LogP contribution is -2.60. The Morgan fingerprint density at radius 3 is 2.10 bits per heavy atom. The van der Waals surface area contributed by atoms with Crippen molar-refractivity contribution in [1.29, 1.82) is 0 Å². The Balaban J connectivity index is 1.64. The normalized spacial score (nSPS) is 16.2. The number of guanidine groups is 1. The van der Waals surface area contributed by atoms with Crippen LogP contribution in [0, 0.1) is 11.8 Å². The van der Waals surface area contributed by atoms with Crippen LogP contribution in [0.25, 0.3) is 0 Å². The van der Waals surface area contributed by atoms with Gasteiger partial charge in [0.05, 0.1) is 12.9 Å². The molecule has 1 aliphatic heterocycles. The summed E-state index contributed by atoms with van der Waals surface area (Å²) >= 11 is 0. The van der Waals surface area contributed by atoms with Crippen LogP contribution in [0.5, 0.6) is 5.75 Å². The van der Waals surface area contributed by atoms with Gasteiger partial charge in [-0.3, -0.25) is 38.6 Å². The van der Waals surface area contributed by atoms with Gasteiger partial charge in [0, 0.05) is 37.8 Å². The molecule has 386 valence electrons. The number of carboxylic acid groups (broad SMARTS) is 1. The molecule has 0 radical (unpaired) electrons. The number of likely N-dealkylation sites (tertiary alicyclic amines) is 1. The van der Waals surface area contributed by atoms with Gasteiger partial charge < -0.3 is 68.8 Å². The number of aliphatic imine (C=N–C) groups is 1. The van der Waals surface area contributed by atoms with Crippen LogP contribution in [-0.2, 0) is 51.2 Å². The number of phenolic OH excluding ortho intramolecular Hbond substituents is 1. The summed E-state index contributed by atoms with van der Waals surface area (Å²) in [6, 6.07) is 5.38. The first-order valence-electron chi connectivity index (χ1n) is 23.7. The van der Waals surface area contributed by atoms with Crippen LogP contribution in [-0.4, -0.2) is 141 Å². The number of phenols is 1. The fourth-order valence-electron chi connectivity index (χ4n) is 8.00. The van der Waals surface area contributed by atoms with E-state index in [2.05, 4.69) is 52.2 Å². The minimum Gasteiger partial charge on any atom is -0.508 e. The van der Waals surface area contributed by atoms with E-state index in [9.17, 15) is 48.6 Å². The van der Waals surface area contributed by atoms with Crippen LogP contribution in [0.15, 0.2) is 72.1 Å². The van der Waals surface area contributed by atoms with Gasteiger partial charge in [0.15, 0.2) is 5.96 Å². The van der Waals surface area contributed by atoms with Crippen molar-refractivity contribution in [2.45, 2.75) is 115 Å². The van der Waals surface area contributed by atoms with Crippen LogP contribution in [0.4, 0.5) is 0 Å². The quantitative estimate of drug-likeness (QED) is 0.0254. The van der Waals surface area contributed by atoms with Crippen molar-refractivity contribution in [2.75, 3.05) is 26.7 Å². The largest absolute Gasteiger partial charge is 0.508 e. The number of nitrogens with zero attached hydrogens (tertiary/aromatic N) is 3. The Morgan fingerprint density at radius 2 is 1.49 bits per heavy atom. The van der Waals surface area contributed by atoms with Gasteiger partial charge in [-0.1, -0.05) is 76.6 Å². The number of imidazole rings is 1. The molecule has 0 spiro atoms. The van der Waals surface area contributed by atoms with Crippen molar-refractivity contribution >= 4 is 53.3 Å². The Morgan fingerprint density at radius 1 is 0.817 bits per heavy atom. The molecule has 1 aromatic heterocycles. The fourth-order valence-corrected chi connectivity index (χ4v) is 8.00. The molecule has 3 aromatic rings. The number of aromatic nitrogens is 2. The van der Waals surface area contributed by atoms with Gasteiger partial charge in [-0.15, -0.1) is 0 Å². The summed E-state index contributed by atoms with van der Waals surface area (Å²) < 4.78 is 0. The zero-order valence-electron chi connectivity index (χ0n) is 40.8. The maximum atomic E-state index is 14.7. The summed E-state index contributed by atoms with van der Waals surface area (Å²) in [5, 5.41) is 38.9. The second-order valence-corrected chi connectivity index (χ2v) is 17.9. The molecule has 14 N–H and O–H groups in total. The standard InChI is InChI=1S/C48H69N13O10/c1-6-28(4)39(47(70)71)59-43(66)36-15-11-21-61(36)46(69)35(23-31-24-52-26-54-31)57-45(68)40(30-12-8-7-9-13-30)60-42(65)34(22-29-16-18-32(62)19-17-29)56-44(67)38(27(2)3)58-41(64)33(55-37(63)25-51-5)14-10-20-53-48(49)50/h7-9,12-13,16-19,24,26-28,33-36,38-40,51,62H,6,10-11,14-15,20-23,25H2,1-5H3,(H,52,54)(H,55,63)(H,56,67)(H,57,68)(H,58,64)(H,59,66)(H,60,65)(H,70,71)(H4,49,50,53)/t28-,33-,34-,35-,36-,38-,39-,40+/m0/s1. The average Bonchev–Trinajstić information content (AvgIpc) is 4.05. The number of amides is 7. The summed E-state index contributed by atoms with van der Waals surface area (Å²) in [6.07, 6.45) is 4.21. The molecule has 2 aromatic carbocycles. The van der Waals surface area contributed by atoms with E-state index in [1.807, 2.05) is 0 Å². The highest BCUT2D eigenvalue weighted by atomic mass is 16.4. The first-order chi connectivity index (χ1) is 33.8. The van der Waals surface area contributed by atoms with Crippen molar-refractivity contribution < 1.29 is 48.6 Å². The summed E-state index contributed by atoms with van der Waals surface area (Å²) in [5.74, 6) is -7.17. The van der Waals surface area contributed by atoms with Gasteiger partial charge in [0.1, 0.15) is 48.0 Å². The lowest BCUT2D eigenvalue weighted by Gasteiger charge is -2.31. The minimum absolute atomic E-state index is 0.0486. The number of likely N-dealkylation sites (N-methyl/N-ethyl adjacent to an activating group) is 1. The zero-order chi connectivity index (χ0) is 52.2. The molecule has 1 saturated heterocycles. The number of benzene rings is 2.